The number of amides is 1. The molecule has 31 heavy (non-hydrogen) atoms. The van der Waals surface area contributed by atoms with Crippen molar-refractivity contribution in [2.75, 3.05) is 19.7 Å². The molecule has 2 N–H and O–H groups in total. The van der Waals surface area contributed by atoms with Crippen LogP contribution >= 0.6 is 0 Å². The fourth-order valence-electron chi connectivity index (χ4n) is 2.46. The molecule has 0 saturated heterocycles. The van der Waals surface area contributed by atoms with Crippen molar-refractivity contribution in [3.05, 3.63) is 59.7 Å². The number of rotatable bonds is 10. The molecule has 2 rings (SSSR count). The Bertz CT molecular complexity index is 1020. The minimum absolute atomic E-state index is 0.0209. The SMILES string of the molecule is CC(=O)c1ccc(S(=O)(=O)NCCC(=O)NCCOc2cccc(C(F)(F)F)c2)cc1. The summed E-state index contributed by atoms with van der Waals surface area (Å²) in [6.07, 6.45) is -4.62. The highest BCUT2D eigenvalue weighted by Crippen LogP contribution is 2.31. The summed E-state index contributed by atoms with van der Waals surface area (Å²) in [6, 6.07) is 9.76. The Morgan fingerprint density at radius 1 is 1.03 bits per heavy atom. The van der Waals surface area contributed by atoms with Gasteiger partial charge < -0.3 is 10.1 Å². The van der Waals surface area contributed by atoms with E-state index in [1.165, 1.54) is 43.3 Å². The Morgan fingerprint density at radius 3 is 2.32 bits per heavy atom. The number of benzene rings is 2. The first-order chi connectivity index (χ1) is 14.5. The Hall–Kier alpha value is -2.92. The van der Waals surface area contributed by atoms with Gasteiger partial charge in [-0.15, -0.1) is 0 Å². The molecule has 0 fully saturated rings. The van der Waals surface area contributed by atoms with Crippen LogP contribution in [-0.2, 0) is 21.0 Å². The molecule has 0 aliphatic carbocycles. The summed E-state index contributed by atoms with van der Waals surface area (Å²) < 4.78 is 69.8. The smallest absolute Gasteiger partial charge is 0.416 e. The molecular weight excluding hydrogens is 437 g/mol. The molecule has 0 unspecified atom stereocenters. The maximum Gasteiger partial charge on any atom is 0.416 e. The number of hydrogen-bond acceptors (Lipinski definition) is 5. The van der Waals surface area contributed by atoms with Crippen molar-refractivity contribution < 1.29 is 35.9 Å². The van der Waals surface area contributed by atoms with E-state index in [2.05, 4.69) is 10.0 Å². The number of Topliss-reactive ketones (excluding diaryl/α,β-unsaturated/α-hetero) is 1. The van der Waals surface area contributed by atoms with Crippen molar-refractivity contribution in [3.63, 3.8) is 0 Å². The Labute approximate surface area is 177 Å². The number of alkyl halides is 3. The van der Waals surface area contributed by atoms with Crippen LogP contribution in [0.15, 0.2) is 53.4 Å². The normalized spacial score (nSPS) is 11.7. The molecule has 0 spiro atoms. The monoisotopic (exact) mass is 458 g/mol. The minimum atomic E-state index is -4.48. The van der Waals surface area contributed by atoms with Gasteiger partial charge in [0.05, 0.1) is 17.0 Å². The van der Waals surface area contributed by atoms with Gasteiger partial charge in [0.15, 0.2) is 5.78 Å². The van der Waals surface area contributed by atoms with E-state index in [0.717, 1.165) is 12.1 Å². The van der Waals surface area contributed by atoms with Gasteiger partial charge in [-0.3, -0.25) is 9.59 Å². The Morgan fingerprint density at radius 2 is 1.71 bits per heavy atom. The number of carbonyl (C=O) groups is 2. The van der Waals surface area contributed by atoms with E-state index in [4.69, 9.17) is 4.74 Å². The summed E-state index contributed by atoms with van der Waals surface area (Å²) in [5, 5.41) is 2.49. The maximum absolute atomic E-state index is 12.6. The number of sulfonamides is 1. The fourth-order valence-corrected chi connectivity index (χ4v) is 3.49. The van der Waals surface area contributed by atoms with E-state index in [-0.39, 0.29) is 42.5 Å². The predicted molar refractivity (Wildman–Crippen MR) is 106 cm³/mol. The second-order valence-corrected chi connectivity index (χ2v) is 8.22. The molecule has 0 bridgehead atoms. The molecule has 0 saturated carbocycles. The van der Waals surface area contributed by atoms with Crippen molar-refractivity contribution >= 4 is 21.7 Å². The fraction of sp³-hybridized carbons (Fsp3) is 0.300. The quantitative estimate of drug-likeness (QED) is 0.421. The lowest BCUT2D eigenvalue weighted by atomic mass is 10.2. The first-order valence-corrected chi connectivity index (χ1v) is 10.6. The third-order valence-corrected chi connectivity index (χ3v) is 5.55. The zero-order valence-electron chi connectivity index (χ0n) is 16.5. The average Bonchev–Trinajstić information content (AvgIpc) is 2.71. The van der Waals surface area contributed by atoms with Gasteiger partial charge in [0, 0.05) is 18.5 Å². The molecule has 0 aliphatic heterocycles. The first-order valence-electron chi connectivity index (χ1n) is 9.16. The van der Waals surface area contributed by atoms with Gasteiger partial charge in [-0.25, -0.2) is 13.1 Å². The number of hydrogen-bond donors (Lipinski definition) is 2. The lowest BCUT2D eigenvalue weighted by Gasteiger charge is -2.11. The number of halogens is 3. The van der Waals surface area contributed by atoms with Crippen molar-refractivity contribution in [1.82, 2.24) is 10.0 Å². The van der Waals surface area contributed by atoms with Crippen molar-refractivity contribution in [2.24, 2.45) is 0 Å². The largest absolute Gasteiger partial charge is 0.492 e. The van der Waals surface area contributed by atoms with E-state index >= 15 is 0 Å². The molecule has 11 heteroatoms. The highest BCUT2D eigenvalue weighted by molar-refractivity contribution is 7.89. The number of ether oxygens (including phenoxy) is 1. The molecule has 7 nitrogen and oxygen atoms in total. The van der Waals surface area contributed by atoms with Gasteiger partial charge in [0.1, 0.15) is 12.4 Å². The lowest BCUT2D eigenvalue weighted by molar-refractivity contribution is -0.137. The van der Waals surface area contributed by atoms with Gasteiger partial charge in [0.25, 0.3) is 0 Å². The number of ketones is 1. The third-order valence-electron chi connectivity index (χ3n) is 4.07. The minimum Gasteiger partial charge on any atom is -0.492 e. The Balaban J connectivity index is 1.72. The van der Waals surface area contributed by atoms with Gasteiger partial charge in [0.2, 0.25) is 15.9 Å². The van der Waals surface area contributed by atoms with E-state index < -0.39 is 27.7 Å². The lowest BCUT2D eigenvalue weighted by Crippen LogP contribution is -2.32. The summed E-state index contributed by atoms with van der Waals surface area (Å²) in [5.74, 6) is -0.625. The van der Waals surface area contributed by atoms with Crippen LogP contribution in [0, 0.1) is 0 Å². The molecule has 0 radical (unpaired) electrons. The highest BCUT2D eigenvalue weighted by Gasteiger charge is 2.30. The summed E-state index contributed by atoms with van der Waals surface area (Å²) in [6.45, 7) is 1.19. The van der Waals surface area contributed by atoms with E-state index in [0.29, 0.717) is 5.56 Å². The number of nitrogens with one attached hydrogen (secondary N) is 2. The van der Waals surface area contributed by atoms with Crippen molar-refractivity contribution in [1.29, 1.82) is 0 Å². The van der Waals surface area contributed by atoms with Gasteiger partial charge >= 0.3 is 6.18 Å². The maximum atomic E-state index is 12.6. The molecule has 2 aromatic rings. The van der Waals surface area contributed by atoms with Crippen LogP contribution in [0.2, 0.25) is 0 Å². The van der Waals surface area contributed by atoms with Crippen LogP contribution in [0.5, 0.6) is 5.75 Å². The summed E-state index contributed by atoms with van der Waals surface area (Å²) in [5.41, 5.74) is -0.456. The van der Waals surface area contributed by atoms with E-state index in [9.17, 15) is 31.2 Å². The molecule has 168 valence electrons. The summed E-state index contributed by atoms with van der Waals surface area (Å²) in [7, 11) is -3.83. The highest BCUT2D eigenvalue weighted by atomic mass is 32.2. The van der Waals surface area contributed by atoms with Crippen molar-refractivity contribution in [3.8, 4) is 5.75 Å². The molecule has 1 amide bonds. The van der Waals surface area contributed by atoms with Crippen LogP contribution in [0.3, 0.4) is 0 Å². The van der Waals surface area contributed by atoms with Crippen LogP contribution in [0.1, 0.15) is 29.3 Å². The number of carbonyl (C=O) groups excluding carboxylic acids is 2. The van der Waals surface area contributed by atoms with Gasteiger partial charge in [-0.05, 0) is 37.3 Å². The first kappa shape index (κ1) is 24.4. The van der Waals surface area contributed by atoms with E-state index in [1.54, 1.807) is 0 Å². The van der Waals surface area contributed by atoms with Gasteiger partial charge in [-0.1, -0.05) is 18.2 Å². The van der Waals surface area contributed by atoms with Gasteiger partial charge in [-0.2, -0.15) is 13.2 Å². The average molecular weight is 458 g/mol. The molecule has 0 aliphatic rings. The predicted octanol–water partition coefficient (Wildman–Crippen LogP) is 2.77. The summed E-state index contributed by atoms with van der Waals surface area (Å²) in [4.78, 5) is 23.0. The van der Waals surface area contributed by atoms with Crippen molar-refractivity contribution in [2.45, 2.75) is 24.4 Å². The zero-order chi connectivity index (χ0) is 23.1. The zero-order valence-corrected chi connectivity index (χ0v) is 17.3. The molecule has 0 atom stereocenters. The van der Waals surface area contributed by atoms with Crippen LogP contribution in [0.25, 0.3) is 0 Å². The van der Waals surface area contributed by atoms with E-state index in [1.807, 2.05) is 0 Å². The topological polar surface area (TPSA) is 102 Å². The third kappa shape index (κ3) is 7.68. The molecule has 0 aromatic heterocycles. The summed E-state index contributed by atoms with van der Waals surface area (Å²) >= 11 is 0. The second-order valence-electron chi connectivity index (χ2n) is 6.45. The molecule has 2 aromatic carbocycles. The van der Waals surface area contributed by atoms with Crippen LogP contribution in [-0.4, -0.2) is 39.8 Å². The molecular formula is C20H21F3N2O5S. The standard InChI is InChI=1S/C20H21F3N2O5S/c1-14(26)15-5-7-18(8-6-15)31(28,29)25-10-9-19(27)24-11-12-30-17-4-2-3-16(13-17)20(21,22)23/h2-8,13,25H,9-12H2,1H3,(H,24,27). The van der Waals surface area contributed by atoms with Crippen LogP contribution < -0.4 is 14.8 Å². The van der Waals surface area contributed by atoms with Crippen LogP contribution in [0.4, 0.5) is 13.2 Å². The Kier molecular flexibility index (Phi) is 8.17. The molecule has 0 heterocycles. The second kappa shape index (κ2) is 10.4.